The number of aryl methyl sites for hydroxylation is 1. The van der Waals surface area contributed by atoms with Gasteiger partial charge in [0.2, 0.25) is 0 Å². The van der Waals surface area contributed by atoms with Crippen molar-refractivity contribution in [2.45, 2.75) is 39.3 Å². The summed E-state index contributed by atoms with van der Waals surface area (Å²) in [7, 11) is 1.39. The van der Waals surface area contributed by atoms with Crippen molar-refractivity contribution in [3.63, 3.8) is 0 Å². The second-order valence-corrected chi connectivity index (χ2v) is 6.48. The molecule has 0 aliphatic carbocycles. The minimum atomic E-state index is -0.344. The summed E-state index contributed by atoms with van der Waals surface area (Å²) < 4.78 is 6.98. The van der Waals surface area contributed by atoms with Gasteiger partial charge in [-0.3, -0.25) is 0 Å². The first kappa shape index (κ1) is 18.8. The van der Waals surface area contributed by atoms with Gasteiger partial charge in [-0.15, -0.1) is 0 Å². The number of hydrogen-bond acceptors (Lipinski definition) is 5. The number of benzene rings is 2. The Labute approximate surface area is 158 Å². The first-order chi connectivity index (χ1) is 13.2. The molecule has 0 radical (unpaired) electrons. The zero-order chi connectivity index (χ0) is 19.2. The molecule has 6 heteroatoms. The Morgan fingerprint density at radius 2 is 1.96 bits per heavy atom. The molecule has 0 amide bonds. The molecule has 3 aromatic rings. The molecule has 6 nitrogen and oxygen atoms in total. The van der Waals surface area contributed by atoms with Gasteiger partial charge >= 0.3 is 5.97 Å². The summed E-state index contributed by atoms with van der Waals surface area (Å²) >= 11 is 0. The standard InChI is InChI=1S/C21H23N3O3/c1-3-4-9-20-23-16(12-22-26)14-24(20)13-15-10-11-19(21(25)27-2)18-8-6-5-7-17(15)18/h5-8,10-11,14H,3-4,9,12-13H2,1-2H3. The number of hydrogen-bond donors (Lipinski definition) is 0. The summed E-state index contributed by atoms with van der Waals surface area (Å²) in [6.45, 7) is 2.83. The Bertz CT molecular complexity index is 962. The van der Waals surface area contributed by atoms with Crippen molar-refractivity contribution in [3.05, 3.63) is 70.1 Å². The molecule has 27 heavy (non-hydrogen) atoms. The summed E-state index contributed by atoms with van der Waals surface area (Å²) in [5, 5.41) is 4.83. The molecule has 0 unspecified atom stereocenters. The maximum atomic E-state index is 12.1. The van der Waals surface area contributed by atoms with E-state index in [4.69, 9.17) is 4.74 Å². The molecule has 0 fully saturated rings. The zero-order valence-corrected chi connectivity index (χ0v) is 15.6. The number of nitroso groups, excluding NO2 is 1. The number of aromatic nitrogens is 2. The fourth-order valence-corrected chi connectivity index (χ4v) is 3.30. The molecule has 0 aliphatic rings. The molecule has 3 rings (SSSR count). The minimum absolute atomic E-state index is 0.0775. The van der Waals surface area contributed by atoms with Crippen LogP contribution in [0.25, 0.3) is 10.8 Å². The van der Waals surface area contributed by atoms with Crippen LogP contribution < -0.4 is 0 Å². The van der Waals surface area contributed by atoms with Crippen molar-refractivity contribution in [2.75, 3.05) is 7.11 Å². The van der Waals surface area contributed by atoms with E-state index in [0.717, 1.165) is 41.4 Å². The van der Waals surface area contributed by atoms with Crippen molar-refractivity contribution in [1.29, 1.82) is 0 Å². The molecule has 2 aromatic carbocycles. The fraction of sp³-hybridized carbons (Fsp3) is 0.333. The average Bonchev–Trinajstić information content (AvgIpc) is 3.07. The van der Waals surface area contributed by atoms with Crippen LogP contribution in [0.2, 0.25) is 0 Å². The highest BCUT2D eigenvalue weighted by atomic mass is 16.5. The van der Waals surface area contributed by atoms with Crippen LogP contribution in [0.4, 0.5) is 0 Å². The molecule has 0 N–H and O–H groups in total. The van der Waals surface area contributed by atoms with E-state index >= 15 is 0 Å². The maximum Gasteiger partial charge on any atom is 0.338 e. The van der Waals surface area contributed by atoms with Gasteiger partial charge in [0.15, 0.2) is 0 Å². The summed E-state index contributed by atoms with van der Waals surface area (Å²) in [6.07, 6.45) is 4.86. The van der Waals surface area contributed by atoms with Crippen LogP contribution in [0.15, 0.2) is 47.8 Å². The molecule has 0 spiro atoms. The smallest absolute Gasteiger partial charge is 0.338 e. The number of methoxy groups -OCH3 is 1. The number of rotatable bonds is 8. The average molecular weight is 365 g/mol. The highest BCUT2D eigenvalue weighted by Gasteiger charge is 2.14. The SMILES string of the molecule is CCCCc1nc(CN=O)cn1Cc1ccc(C(=O)OC)c2ccccc12. The number of carbonyl (C=O) groups excluding carboxylic acids is 1. The molecule has 0 atom stereocenters. The molecule has 0 bridgehead atoms. The predicted octanol–water partition coefficient (Wildman–Crippen LogP) is 4.48. The Hall–Kier alpha value is -3.02. The molecular weight excluding hydrogens is 342 g/mol. The third-order valence-corrected chi connectivity index (χ3v) is 4.65. The van der Waals surface area contributed by atoms with Gasteiger partial charge in [-0.1, -0.05) is 48.9 Å². The van der Waals surface area contributed by atoms with Gasteiger partial charge in [0.1, 0.15) is 12.4 Å². The number of esters is 1. The summed E-state index contributed by atoms with van der Waals surface area (Å²) in [5.74, 6) is 0.611. The van der Waals surface area contributed by atoms with Crippen molar-refractivity contribution in [2.24, 2.45) is 5.18 Å². The van der Waals surface area contributed by atoms with Crippen LogP contribution >= 0.6 is 0 Å². The lowest BCUT2D eigenvalue weighted by atomic mass is 9.99. The third-order valence-electron chi connectivity index (χ3n) is 4.65. The maximum absolute atomic E-state index is 12.1. The largest absolute Gasteiger partial charge is 0.465 e. The highest BCUT2D eigenvalue weighted by molar-refractivity contribution is 6.05. The lowest BCUT2D eigenvalue weighted by molar-refractivity contribution is 0.0603. The minimum Gasteiger partial charge on any atom is -0.465 e. The molecule has 1 aromatic heterocycles. The Morgan fingerprint density at radius 3 is 2.67 bits per heavy atom. The summed E-state index contributed by atoms with van der Waals surface area (Å²) in [4.78, 5) is 27.3. The van der Waals surface area contributed by atoms with E-state index in [1.54, 1.807) is 6.07 Å². The number of imidazole rings is 1. The van der Waals surface area contributed by atoms with E-state index in [2.05, 4.69) is 21.7 Å². The first-order valence-corrected chi connectivity index (χ1v) is 9.11. The number of carbonyl (C=O) groups is 1. The first-order valence-electron chi connectivity index (χ1n) is 9.11. The topological polar surface area (TPSA) is 73.5 Å². The summed E-state index contributed by atoms with van der Waals surface area (Å²) in [5.41, 5.74) is 2.32. The quantitative estimate of drug-likeness (QED) is 0.436. The van der Waals surface area contributed by atoms with E-state index in [1.807, 2.05) is 36.5 Å². The third kappa shape index (κ3) is 4.05. The van der Waals surface area contributed by atoms with E-state index in [0.29, 0.717) is 17.8 Å². The number of unbranched alkanes of at least 4 members (excludes halogenated alkanes) is 1. The monoisotopic (exact) mass is 365 g/mol. The lowest BCUT2D eigenvalue weighted by Crippen LogP contribution is -2.07. The van der Waals surface area contributed by atoms with Gasteiger partial charge in [-0.05, 0) is 28.8 Å². The van der Waals surface area contributed by atoms with Crippen LogP contribution in [0.3, 0.4) is 0 Å². The normalized spacial score (nSPS) is 10.9. The Balaban J connectivity index is 2.02. The Kier molecular flexibility index (Phi) is 5.96. The van der Waals surface area contributed by atoms with Gasteiger partial charge < -0.3 is 9.30 Å². The van der Waals surface area contributed by atoms with Crippen molar-refractivity contribution >= 4 is 16.7 Å². The lowest BCUT2D eigenvalue weighted by Gasteiger charge is -2.12. The number of ether oxygens (including phenoxy) is 1. The van der Waals surface area contributed by atoms with Crippen LogP contribution in [-0.4, -0.2) is 22.6 Å². The molecule has 1 heterocycles. The number of fused-ring (bicyclic) bond motifs is 1. The van der Waals surface area contributed by atoms with E-state index < -0.39 is 0 Å². The van der Waals surface area contributed by atoms with Crippen molar-refractivity contribution in [1.82, 2.24) is 9.55 Å². The van der Waals surface area contributed by atoms with Crippen LogP contribution in [0, 0.1) is 4.91 Å². The van der Waals surface area contributed by atoms with Crippen LogP contribution in [0.5, 0.6) is 0 Å². The molecule has 0 aliphatic heterocycles. The van der Waals surface area contributed by atoms with Crippen molar-refractivity contribution in [3.8, 4) is 0 Å². The van der Waals surface area contributed by atoms with E-state index in [1.165, 1.54) is 7.11 Å². The summed E-state index contributed by atoms with van der Waals surface area (Å²) in [6, 6.07) is 11.6. The zero-order valence-electron chi connectivity index (χ0n) is 15.6. The Morgan fingerprint density at radius 1 is 1.19 bits per heavy atom. The van der Waals surface area contributed by atoms with Gasteiger partial charge in [-0.25, -0.2) is 9.78 Å². The molecule has 0 saturated carbocycles. The van der Waals surface area contributed by atoms with E-state index in [9.17, 15) is 9.70 Å². The highest BCUT2D eigenvalue weighted by Crippen LogP contribution is 2.25. The molecule has 0 saturated heterocycles. The van der Waals surface area contributed by atoms with Crippen LogP contribution in [-0.2, 0) is 24.2 Å². The fourth-order valence-electron chi connectivity index (χ4n) is 3.30. The van der Waals surface area contributed by atoms with Gasteiger partial charge in [0.05, 0.1) is 18.4 Å². The predicted molar refractivity (Wildman–Crippen MR) is 105 cm³/mol. The van der Waals surface area contributed by atoms with Gasteiger partial charge in [-0.2, -0.15) is 4.91 Å². The second-order valence-electron chi connectivity index (χ2n) is 6.48. The molecular formula is C21H23N3O3. The molecule has 140 valence electrons. The number of nitrogens with zero attached hydrogens (tertiary/aromatic N) is 3. The van der Waals surface area contributed by atoms with Gasteiger partial charge in [0, 0.05) is 19.2 Å². The van der Waals surface area contributed by atoms with Gasteiger partial charge in [0.25, 0.3) is 0 Å². The van der Waals surface area contributed by atoms with Crippen LogP contribution in [0.1, 0.15) is 47.2 Å². The van der Waals surface area contributed by atoms with Crippen molar-refractivity contribution < 1.29 is 9.53 Å². The second kappa shape index (κ2) is 8.58. The van der Waals surface area contributed by atoms with E-state index in [-0.39, 0.29) is 12.5 Å².